The van der Waals surface area contributed by atoms with Crippen molar-refractivity contribution in [3.63, 3.8) is 0 Å². The second-order valence-corrected chi connectivity index (χ2v) is 4.85. The van der Waals surface area contributed by atoms with Crippen LogP contribution in [0, 0.1) is 0 Å². The first kappa shape index (κ1) is 14.7. The van der Waals surface area contributed by atoms with Gasteiger partial charge in [-0.3, -0.25) is 0 Å². The maximum Gasteiger partial charge on any atom is 0.408 e. The third kappa shape index (κ3) is 7.09. The van der Waals surface area contributed by atoms with Gasteiger partial charge in [-0.1, -0.05) is 0 Å². The number of hydrogen-bond acceptors (Lipinski definition) is 4. The van der Waals surface area contributed by atoms with E-state index in [4.69, 9.17) is 9.47 Å². The summed E-state index contributed by atoms with van der Waals surface area (Å²) in [6.45, 7) is 10.3. The third-order valence-electron chi connectivity index (χ3n) is 1.44. The minimum atomic E-state index is -0.717. The Hall–Kier alpha value is -1.26. The van der Waals surface area contributed by atoms with Gasteiger partial charge in [0.05, 0.1) is 6.10 Å². The summed E-state index contributed by atoms with van der Waals surface area (Å²) in [4.78, 5) is 22.7. The zero-order valence-electron chi connectivity index (χ0n) is 10.8. The van der Waals surface area contributed by atoms with E-state index in [0.717, 1.165) is 0 Å². The van der Waals surface area contributed by atoms with Crippen LogP contribution in [0.4, 0.5) is 4.79 Å². The van der Waals surface area contributed by atoms with Crippen molar-refractivity contribution in [1.82, 2.24) is 5.32 Å². The van der Waals surface area contributed by atoms with Crippen LogP contribution in [0.3, 0.4) is 0 Å². The Balaban J connectivity index is 4.11. The van der Waals surface area contributed by atoms with Crippen molar-refractivity contribution in [2.45, 2.75) is 59.3 Å². The van der Waals surface area contributed by atoms with E-state index >= 15 is 0 Å². The molecule has 0 aromatic heterocycles. The molecule has 0 saturated carbocycles. The molecular weight excluding hydrogens is 210 g/mol. The fourth-order valence-corrected chi connectivity index (χ4v) is 0.874. The number of esters is 1. The van der Waals surface area contributed by atoms with Gasteiger partial charge in [0.1, 0.15) is 11.6 Å². The summed E-state index contributed by atoms with van der Waals surface area (Å²) in [6, 6.07) is -0.717. The molecule has 0 fully saturated rings. The highest BCUT2D eigenvalue weighted by Gasteiger charge is 2.23. The lowest BCUT2D eigenvalue weighted by atomic mass is 10.2. The molecule has 0 spiro atoms. The van der Waals surface area contributed by atoms with Gasteiger partial charge in [0.15, 0.2) is 0 Å². The topological polar surface area (TPSA) is 64.6 Å². The van der Waals surface area contributed by atoms with Crippen LogP contribution in [0.2, 0.25) is 0 Å². The smallest absolute Gasteiger partial charge is 0.408 e. The van der Waals surface area contributed by atoms with E-state index in [1.807, 2.05) is 0 Å². The molecule has 0 heterocycles. The van der Waals surface area contributed by atoms with Crippen molar-refractivity contribution in [1.29, 1.82) is 0 Å². The Kier molecular flexibility index (Phi) is 5.27. The molecule has 16 heavy (non-hydrogen) atoms. The average Bonchev–Trinajstić information content (AvgIpc) is 1.98. The van der Waals surface area contributed by atoms with Crippen LogP contribution < -0.4 is 5.32 Å². The molecule has 0 aliphatic heterocycles. The van der Waals surface area contributed by atoms with E-state index in [0.29, 0.717) is 0 Å². The third-order valence-corrected chi connectivity index (χ3v) is 1.44. The van der Waals surface area contributed by atoms with Crippen molar-refractivity contribution in [3.8, 4) is 0 Å². The highest BCUT2D eigenvalue weighted by atomic mass is 16.6. The number of alkyl carbamates (subject to hydrolysis) is 1. The lowest BCUT2D eigenvalue weighted by Crippen LogP contribution is -2.42. The Morgan fingerprint density at radius 3 is 2.00 bits per heavy atom. The molecule has 0 aromatic rings. The molecule has 94 valence electrons. The summed E-state index contributed by atoms with van der Waals surface area (Å²) in [5.41, 5.74) is -0.561. The molecular formula is C11H21NO4. The quantitative estimate of drug-likeness (QED) is 0.753. The molecule has 1 atom stereocenters. The van der Waals surface area contributed by atoms with Crippen LogP contribution in [-0.4, -0.2) is 29.8 Å². The lowest BCUT2D eigenvalue weighted by Gasteiger charge is -2.22. The van der Waals surface area contributed by atoms with Crippen molar-refractivity contribution in [2.24, 2.45) is 0 Å². The van der Waals surface area contributed by atoms with Gasteiger partial charge in [0.25, 0.3) is 0 Å². The number of carbonyl (C=O) groups is 2. The van der Waals surface area contributed by atoms with Crippen molar-refractivity contribution in [2.75, 3.05) is 0 Å². The van der Waals surface area contributed by atoms with Gasteiger partial charge in [0.2, 0.25) is 0 Å². The number of nitrogens with one attached hydrogen (secondary N) is 1. The molecule has 1 N–H and O–H groups in total. The molecule has 0 bridgehead atoms. The summed E-state index contributed by atoms with van der Waals surface area (Å²) >= 11 is 0. The van der Waals surface area contributed by atoms with Crippen LogP contribution in [0.25, 0.3) is 0 Å². The van der Waals surface area contributed by atoms with E-state index in [1.165, 1.54) is 0 Å². The van der Waals surface area contributed by atoms with Crippen LogP contribution >= 0.6 is 0 Å². The zero-order valence-corrected chi connectivity index (χ0v) is 10.8. The Bertz CT molecular complexity index is 255. The van der Waals surface area contributed by atoms with Crippen LogP contribution in [0.1, 0.15) is 41.5 Å². The van der Waals surface area contributed by atoms with Gasteiger partial charge in [-0.15, -0.1) is 0 Å². The van der Waals surface area contributed by atoms with Gasteiger partial charge in [-0.2, -0.15) is 0 Å². The van der Waals surface area contributed by atoms with E-state index in [1.54, 1.807) is 41.5 Å². The van der Waals surface area contributed by atoms with Gasteiger partial charge >= 0.3 is 12.1 Å². The predicted molar refractivity (Wildman–Crippen MR) is 60.1 cm³/mol. The summed E-state index contributed by atoms with van der Waals surface area (Å²) in [5.74, 6) is -0.479. The first-order chi connectivity index (χ1) is 7.11. The number of hydrogen-bond donors (Lipinski definition) is 1. The average molecular weight is 231 g/mol. The van der Waals surface area contributed by atoms with E-state index in [2.05, 4.69) is 5.32 Å². The number of amides is 1. The largest absolute Gasteiger partial charge is 0.458 e. The number of carbonyl (C=O) groups excluding carboxylic acids is 2. The molecule has 0 aliphatic carbocycles. The standard InChI is InChI=1S/C11H21NO4/c1-7(2)15-10(14)12-8(3)9(13)16-11(4,5)6/h7-8H,1-6H3,(H,12,14)/t8-/m0/s1. The highest BCUT2D eigenvalue weighted by Crippen LogP contribution is 2.08. The van der Waals surface area contributed by atoms with Crippen molar-refractivity contribution >= 4 is 12.1 Å². The maximum absolute atomic E-state index is 11.5. The van der Waals surface area contributed by atoms with E-state index in [-0.39, 0.29) is 6.10 Å². The highest BCUT2D eigenvalue weighted by molar-refractivity contribution is 5.81. The molecule has 0 rings (SSSR count). The maximum atomic E-state index is 11.5. The molecule has 1 amide bonds. The fourth-order valence-electron chi connectivity index (χ4n) is 0.874. The second kappa shape index (κ2) is 5.72. The van der Waals surface area contributed by atoms with E-state index in [9.17, 15) is 9.59 Å². The first-order valence-corrected chi connectivity index (χ1v) is 5.32. The minimum absolute atomic E-state index is 0.217. The Labute approximate surface area is 96.5 Å². The van der Waals surface area contributed by atoms with Crippen molar-refractivity contribution in [3.05, 3.63) is 0 Å². The first-order valence-electron chi connectivity index (χ1n) is 5.32. The molecule has 0 unspecified atom stereocenters. The summed E-state index contributed by atoms with van der Waals surface area (Å²) in [6.07, 6.45) is -0.834. The lowest BCUT2D eigenvalue weighted by molar-refractivity contribution is -0.156. The van der Waals surface area contributed by atoms with Gasteiger partial charge in [0, 0.05) is 0 Å². The SMILES string of the molecule is CC(C)OC(=O)N[C@@H](C)C(=O)OC(C)(C)C. The predicted octanol–water partition coefficient (Wildman–Crippen LogP) is 1.85. The zero-order chi connectivity index (χ0) is 12.9. The molecule has 0 saturated heterocycles. The normalized spacial score (nSPS) is 13.2. The van der Waals surface area contributed by atoms with Crippen LogP contribution in [-0.2, 0) is 14.3 Å². The Morgan fingerprint density at radius 2 is 1.62 bits per heavy atom. The number of ether oxygens (including phenoxy) is 2. The molecule has 5 nitrogen and oxygen atoms in total. The Morgan fingerprint density at radius 1 is 1.12 bits per heavy atom. The van der Waals surface area contributed by atoms with Crippen LogP contribution in [0.15, 0.2) is 0 Å². The molecule has 0 aromatic carbocycles. The minimum Gasteiger partial charge on any atom is -0.458 e. The fraction of sp³-hybridized carbons (Fsp3) is 0.818. The molecule has 0 aliphatic rings. The molecule has 5 heteroatoms. The van der Waals surface area contributed by atoms with Gasteiger partial charge < -0.3 is 14.8 Å². The second-order valence-electron chi connectivity index (χ2n) is 4.85. The summed E-state index contributed by atoms with van der Waals surface area (Å²) in [5, 5.41) is 2.40. The van der Waals surface area contributed by atoms with E-state index < -0.39 is 23.7 Å². The molecule has 0 radical (unpaired) electrons. The monoisotopic (exact) mass is 231 g/mol. The van der Waals surface area contributed by atoms with Gasteiger partial charge in [-0.05, 0) is 41.5 Å². The number of rotatable bonds is 3. The van der Waals surface area contributed by atoms with Crippen LogP contribution in [0.5, 0.6) is 0 Å². The summed E-state index contributed by atoms with van der Waals surface area (Å²) < 4.78 is 9.94. The van der Waals surface area contributed by atoms with Gasteiger partial charge in [-0.25, -0.2) is 9.59 Å². The van der Waals surface area contributed by atoms with Crippen molar-refractivity contribution < 1.29 is 19.1 Å². The summed E-state index contributed by atoms with van der Waals surface area (Å²) in [7, 11) is 0.